The van der Waals surface area contributed by atoms with Crippen LogP contribution in [-0.4, -0.2) is 51.5 Å². The standard InChI is InChI=1S/C18H23FN4O3/c1-18(2,3)26-17(25)22(4)5-6-23-20-15-9-14(19)12-7-11(10-24)8-13(12)16(15)21-23/h9-11H,5-8H2,1-4H3. The number of carbonyl (C=O) groups is 2. The molecule has 2 aromatic rings. The van der Waals surface area contributed by atoms with Crippen LogP contribution in [0.2, 0.25) is 0 Å². The minimum atomic E-state index is -0.558. The van der Waals surface area contributed by atoms with Gasteiger partial charge in [-0.3, -0.25) is 0 Å². The molecule has 0 radical (unpaired) electrons. The Bertz CT molecular complexity index is 856. The van der Waals surface area contributed by atoms with Crippen LogP contribution in [0.4, 0.5) is 9.18 Å². The molecule has 0 saturated carbocycles. The van der Waals surface area contributed by atoms with Crippen molar-refractivity contribution in [3.05, 3.63) is 23.0 Å². The van der Waals surface area contributed by atoms with Gasteiger partial charge in [-0.1, -0.05) is 0 Å². The van der Waals surface area contributed by atoms with Crippen LogP contribution in [0.3, 0.4) is 0 Å². The average molecular weight is 362 g/mol. The third-order valence-corrected chi connectivity index (χ3v) is 4.35. The Balaban J connectivity index is 1.75. The molecule has 0 bridgehead atoms. The van der Waals surface area contributed by atoms with Crippen molar-refractivity contribution in [1.82, 2.24) is 19.9 Å². The Morgan fingerprint density at radius 2 is 2.08 bits per heavy atom. The molecule has 1 aromatic carbocycles. The average Bonchev–Trinajstić information content (AvgIpc) is 3.14. The molecule has 1 atom stereocenters. The molecule has 26 heavy (non-hydrogen) atoms. The number of amides is 1. The zero-order valence-corrected chi connectivity index (χ0v) is 15.5. The van der Waals surface area contributed by atoms with Crippen molar-refractivity contribution in [2.24, 2.45) is 5.92 Å². The molecule has 0 fully saturated rings. The van der Waals surface area contributed by atoms with Gasteiger partial charge in [0.2, 0.25) is 0 Å². The van der Waals surface area contributed by atoms with E-state index in [4.69, 9.17) is 4.74 Å². The maximum Gasteiger partial charge on any atom is 0.410 e. The number of likely N-dealkylation sites (N-methyl/N-ethyl adjacent to an activating group) is 1. The summed E-state index contributed by atoms with van der Waals surface area (Å²) >= 11 is 0. The van der Waals surface area contributed by atoms with Gasteiger partial charge in [-0.15, -0.1) is 0 Å². The van der Waals surface area contributed by atoms with Crippen LogP contribution < -0.4 is 0 Å². The number of aromatic nitrogens is 3. The number of rotatable bonds is 4. The topological polar surface area (TPSA) is 77.3 Å². The lowest BCUT2D eigenvalue weighted by Gasteiger charge is -2.24. The molecule has 1 unspecified atom stereocenters. The summed E-state index contributed by atoms with van der Waals surface area (Å²) in [5.74, 6) is -0.539. The van der Waals surface area contributed by atoms with Crippen LogP contribution in [0.1, 0.15) is 31.9 Å². The van der Waals surface area contributed by atoms with Crippen molar-refractivity contribution in [2.75, 3.05) is 13.6 Å². The first-order valence-corrected chi connectivity index (χ1v) is 8.62. The quantitative estimate of drug-likeness (QED) is 0.780. The molecule has 3 rings (SSSR count). The normalized spacial score (nSPS) is 16.6. The van der Waals surface area contributed by atoms with Gasteiger partial charge in [0.15, 0.2) is 0 Å². The predicted molar refractivity (Wildman–Crippen MR) is 93.3 cm³/mol. The Kier molecular flexibility index (Phi) is 4.68. The van der Waals surface area contributed by atoms with E-state index in [2.05, 4.69) is 10.2 Å². The summed E-state index contributed by atoms with van der Waals surface area (Å²) in [4.78, 5) is 26.0. The van der Waals surface area contributed by atoms with E-state index < -0.39 is 11.7 Å². The Morgan fingerprint density at radius 3 is 2.73 bits per heavy atom. The van der Waals surface area contributed by atoms with E-state index in [1.807, 2.05) is 20.8 Å². The van der Waals surface area contributed by atoms with Crippen LogP contribution in [-0.2, 0) is 28.9 Å². The second-order valence-electron chi connectivity index (χ2n) is 7.69. The maximum atomic E-state index is 14.3. The minimum Gasteiger partial charge on any atom is -0.444 e. The lowest BCUT2D eigenvalue weighted by Crippen LogP contribution is -2.36. The predicted octanol–water partition coefficient (Wildman–Crippen LogP) is 2.35. The molecule has 0 saturated heterocycles. The lowest BCUT2D eigenvalue weighted by molar-refractivity contribution is -0.110. The van der Waals surface area contributed by atoms with E-state index in [1.165, 1.54) is 15.8 Å². The highest BCUT2D eigenvalue weighted by atomic mass is 19.1. The van der Waals surface area contributed by atoms with Crippen molar-refractivity contribution in [1.29, 1.82) is 0 Å². The Hall–Kier alpha value is -2.51. The molecular formula is C18H23FN4O3. The van der Waals surface area contributed by atoms with Gasteiger partial charge in [-0.05, 0) is 44.7 Å². The number of hydrogen-bond acceptors (Lipinski definition) is 5. The van der Waals surface area contributed by atoms with Crippen molar-refractivity contribution in [3.8, 4) is 0 Å². The molecule has 1 heterocycles. The van der Waals surface area contributed by atoms with Gasteiger partial charge in [0.25, 0.3) is 0 Å². The van der Waals surface area contributed by atoms with E-state index in [-0.39, 0.29) is 11.7 Å². The number of carbonyl (C=O) groups excluding carboxylic acids is 2. The minimum absolute atomic E-state index is 0.200. The first-order valence-electron chi connectivity index (χ1n) is 8.62. The van der Waals surface area contributed by atoms with Crippen LogP contribution in [0, 0.1) is 11.7 Å². The molecular weight excluding hydrogens is 339 g/mol. The van der Waals surface area contributed by atoms with E-state index in [0.29, 0.717) is 42.5 Å². The monoisotopic (exact) mass is 362 g/mol. The number of fused-ring (bicyclic) bond motifs is 3. The fourth-order valence-corrected chi connectivity index (χ4v) is 3.07. The van der Waals surface area contributed by atoms with Gasteiger partial charge in [0.1, 0.15) is 28.7 Å². The van der Waals surface area contributed by atoms with Crippen LogP contribution in [0.25, 0.3) is 11.0 Å². The number of nitrogens with zero attached hydrogens (tertiary/aromatic N) is 4. The molecule has 0 spiro atoms. The first-order chi connectivity index (χ1) is 12.2. The highest BCUT2D eigenvalue weighted by Crippen LogP contribution is 2.32. The summed E-state index contributed by atoms with van der Waals surface area (Å²) in [6.07, 6.45) is 1.35. The molecule has 7 nitrogen and oxygen atoms in total. The van der Waals surface area contributed by atoms with Gasteiger partial charge in [0, 0.05) is 25.6 Å². The summed E-state index contributed by atoms with van der Waals surface area (Å²) in [5, 5.41) is 8.75. The van der Waals surface area contributed by atoms with E-state index in [0.717, 1.165) is 11.8 Å². The second kappa shape index (κ2) is 6.66. The number of halogens is 1. The van der Waals surface area contributed by atoms with Crippen LogP contribution in [0.5, 0.6) is 0 Å². The zero-order chi connectivity index (χ0) is 19.1. The Labute approximate surface area is 151 Å². The smallest absolute Gasteiger partial charge is 0.410 e. The van der Waals surface area contributed by atoms with E-state index in [9.17, 15) is 14.0 Å². The molecule has 1 aliphatic rings. The molecule has 8 heteroatoms. The summed E-state index contributed by atoms with van der Waals surface area (Å²) in [7, 11) is 1.64. The summed E-state index contributed by atoms with van der Waals surface area (Å²) in [6.45, 7) is 6.14. The zero-order valence-electron chi connectivity index (χ0n) is 15.5. The third kappa shape index (κ3) is 3.68. The fourth-order valence-electron chi connectivity index (χ4n) is 3.07. The largest absolute Gasteiger partial charge is 0.444 e. The molecule has 1 aliphatic carbocycles. The first kappa shape index (κ1) is 18.3. The highest BCUT2D eigenvalue weighted by molar-refractivity contribution is 5.81. The lowest BCUT2D eigenvalue weighted by atomic mass is 10.1. The maximum absolute atomic E-state index is 14.3. The second-order valence-corrected chi connectivity index (χ2v) is 7.69. The molecule has 1 amide bonds. The van der Waals surface area contributed by atoms with Gasteiger partial charge < -0.3 is 14.4 Å². The van der Waals surface area contributed by atoms with E-state index in [1.54, 1.807) is 7.05 Å². The summed E-state index contributed by atoms with van der Waals surface area (Å²) < 4.78 is 19.6. The Morgan fingerprint density at radius 1 is 1.38 bits per heavy atom. The van der Waals surface area contributed by atoms with Crippen molar-refractivity contribution >= 4 is 23.4 Å². The number of aldehydes is 1. The number of ether oxygens (including phenoxy) is 1. The SMILES string of the molecule is CN(CCn1nc2cc(F)c3c(c2n1)CC(C=O)C3)C(=O)OC(C)(C)C. The van der Waals surface area contributed by atoms with Gasteiger partial charge in [-0.25, -0.2) is 9.18 Å². The van der Waals surface area contributed by atoms with Crippen LogP contribution in [0.15, 0.2) is 6.07 Å². The summed E-state index contributed by atoms with van der Waals surface area (Å²) in [6, 6.07) is 1.36. The van der Waals surface area contributed by atoms with Crippen LogP contribution >= 0.6 is 0 Å². The summed E-state index contributed by atoms with van der Waals surface area (Å²) in [5.41, 5.74) is 1.87. The third-order valence-electron chi connectivity index (χ3n) is 4.35. The molecule has 1 aromatic heterocycles. The molecule has 140 valence electrons. The number of hydrogen-bond donors (Lipinski definition) is 0. The highest BCUT2D eigenvalue weighted by Gasteiger charge is 2.28. The number of benzene rings is 1. The molecule has 0 aliphatic heterocycles. The fraction of sp³-hybridized carbons (Fsp3) is 0.556. The van der Waals surface area contributed by atoms with E-state index >= 15 is 0 Å². The van der Waals surface area contributed by atoms with Gasteiger partial charge in [-0.2, -0.15) is 15.0 Å². The van der Waals surface area contributed by atoms with Crippen molar-refractivity contribution in [3.63, 3.8) is 0 Å². The van der Waals surface area contributed by atoms with Gasteiger partial charge >= 0.3 is 6.09 Å². The molecule has 0 N–H and O–H groups in total. The van der Waals surface area contributed by atoms with Crippen molar-refractivity contribution < 1.29 is 18.7 Å². The van der Waals surface area contributed by atoms with Crippen molar-refractivity contribution in [2.45, 2.75) is 45.8 Å². The van der Waals surface area contributed by atoms with Gasteiger partial charge in [0.05, 0.1) is 6.54 Å².